The molecule has 1 atom stereocenters. The van der Waals surface area contributed by atoms with Crippen molar-refractivity contribution in [3.05, 3.63) is 70.4 Å². The van der Waals surface area contributed by atoms with Crippen LogP contribution in [0.25, 0.3) is 0 Å². The number of hydrogen-bond donors (Lipinski definition) is 2. The molecule has 2 N–H and O–H groups in total. The molecule has 3 aromatic rings. The first-order chi connectivity index (χ1) is 15.1. The number of para-hydroxylation sites is 1. The molecule has 2 amide bonds. The molecule has 1 aromatic heterocycles. The highest BCUT2D eigenvalue weighted by molar-refractivity contribution is 7.13. The number of aromatic nitrogens is 2. The summed E-state index contributed by atoms with van der Waals surface area (Å²) >= 11 is 1.22. The van der Waals surface area contributed by atoms with E-state index in [4.69, 9.17) is 0 Å². The number of hydrogen-bond acceptors (Lipinski definition) is 6. The van der Waals surface area contributed by atoms with Gasteiger partial charge in [-0.15, -0.1) is 10.2 Å². The molecule has 1 aliphatic rings. The summed E-state index contributed by atoms with van der Waals surface area (Å²) in [6.45, 7) is 2.04. The number of piperidine rings is 1. The van der Waals surface area contributed by atoms with Crippen LogP contribution in [0, 0.1) is 11.7 Å². The van der Waals surface area contributed by atoms with E-state index in [1.54, 1.807) is 0 Å². The van der Waals surface area contributed by atoms with Gasteiger partial charge in [0.2, 0.25) is 10.9 Å². The van der Waals surface area contributed by atoms with Crippen molar-refractivity contribution in [3.8, 4) is 0 Å². The van der Waals surface area contributed by atoms with Gasteiger partial charge >= 0.3 is 0 Å². The normalized spacial score (nSPS) is 16.6. The molecule has 0 bridgehead atoms. The average molecular weight is 440 g/mol. The van der Waals surface area contributed by atoms with Crippen LogP contribution in [0.5, 0.6) is 0 Å². The highest BCUT2D eigenvalue weighted by Crippen LogP contribution is 2.22. The molecular formula is C22H22FN5O2S. The summed E-state index contributed by atoms with van der Waals surface area (Å²) in [5, 5.41) is 14.7. The summed E-state index contributed by atoms with van der Waals surface area (Å²) in [6.07, 6.45) is 1.76. The van der Waals surface area contributed by atoms with Crippen molar-refractivity contribution in [2.75, 3.05) is 23.7 Å². The Hall–Kier alpha value is -3.17. The number of amides is 2. The molecule has 9 heteroatoms. The van der Waals surface area contributed by atoms with Crippen LogP contribution in [0.3, 0.4) is 0 Å². The molecular weight excluding hydrogens is 417 g/mol. The molecule has 1 saturated heterocycles. The summed E-state index contributed by atoms with van der Waals surface area (Å²) in [7, 11) is 0. The quantitative estimate of drug-likeness (QED) is 0.610. The molecule has 1 aliphatic heterocycles. The molecule has 0 saturated carbocycles. The predicted octanol–water partition coefficient (Wildman–Crippen LogP) is 3.78. The van der Waals surface area contributed by atoms with Gasteiger partial charge in [-0.1, -0.05) is 29.5 Å². The standard InChI is InChI=1S/C22H22FN5O2S/c23-16-8-10-18(11-9-16)25-21(30)22-27-26-19(31-22)14-28-12-4-5-15(13-28)20(29)24-17-6-2-1-3-7-17/h1-3,6-11,15H,4-5,12-14H2,(H,24,29)(H,25,30). The van der Waals surface area contributed by atoms with Gasteiger partial charge in [0.15, 0.2) is 0 Å². The highest BCUT2D eigenvalue weighted by atomic mass is 32.1. The van der Waals surface area contributed by atoms with E-state index >= 15 is 0 Å². The number of halogens is 1. The Labute approximate surface area is 183 Å². The van der Waals surface area contributed by atoms with Gasteiger partial charge in [-0.05, 0) is 55.8 Å². The fourth-order valence-corrected chi connectivity index (χ4v) is 4.27. The van der Waals surface area contributed by atoms with Gasteiger partial charge in [0.05, 0.1) is 12.5 Å². The monoisotopic (exact) mass is 439 g/mol. The predicted molar refractivity (Wildman–Crippen MR) is 117 cm³/mol. The highest BCUT2D eigenvalue weighted by Gasteiger charge is 2.27. The first kappa shape index (κ1) is 21.1. The van der Waals surface area contributed by atoms with Crippen molar-refractivity contribution in [3.63, 3.8) is 0 Å². The number of rotatable bonds is 6. The second kappa shape index (κ2) is 9.76. The zero-order valence-corrected chi connectivity index (χ0v) is 17.6. The Bertz CT molecular complexity index is 1040. The number of carbonyl (C=O) groups is 2. The van der Waals surface area contributed by atoms with Gasteiger partial charge in [-0.3, -0.25) is 14.5 Å². The second-order valence-electron chi connectivity index (χ2n) is 7.39. The number of benzene rings is 2. The SMILES string of the molecule is O=C(Nc1ccc(F)cc1)c1nnc(CN2CCCC(C(=O)Nc3ccccc3)C2)s1. The van der Waals surface area contributed by atoms with Gasteiger partial charge in [0.1, 0.15) is 10.8 Å². The Morgan fingerprint density at radius 3 is 2.55 bits per heavy atom. The Morgan fingerprint density at radius 2 is 1.77 bits per heavy atom. The molecule has 0 aliphatic carbocycles. The van der Waals surface area contributed by atoms with E-state index in [1.807, 2.05) is 30.3 Å². The average Bonchev–Trinajstić information content (AvgIpc) is 3.25. The van der Waals surface area contributed by atoms with Crippen LogP contribution in [-0.4, -0.2) is 40.0 Å². The number of carbonyl (C=O) groups excluding carboxylic acids is 2. The molecule has 0 radical (unpaired) electrons. The summed E-state index contributed by atoms with van der Waals surface area (Å²) in [5.74, 6) is -0.821. The third kappa shape index (κ3) is 5.71. The van der Waals surface area contributed by atoms with Gasteiger partial charge < -0.3 is 10.6 Å². The molecule has 1 unspecified atom stereocenters. The number of nitrogens with zero attached hydrogens (tertiary/aromatic N) is 3. The van der Waals surface area contributed by atoms with E-state index in [2.05, 4.69) is 25.7 Å². The van der Waals surface area contributed by atoms with Crippen LogP contribution in [-0.2, 0) is 11.3 Å². The van der Waals surface area contributed by atoms with Crippen molar-refractivity contribution < 1.29 is 14.0 Å². The zero-order chi connectivity index (χ0) is 21.6. The van der Waals surface area contributed by atoms with E-state index in [1.165, 1.54) is 35.6 Å². The first-order valence-electron chi connectivity index (χ1n) is 10.0. The Morgan fingerprint density at radius 1 is 1.03 bits per heavy atom. The molecule has 4 rings (SSSR count). The summed E-state index contributed by atoms with van der Waals surface area (Å²) in [4.78, 5) is 27.1. The van der Waals surface area contributed by atoms with E-state index < -0.39 is 0 Å². The first-order valence-corrected chi connectivity index (χ1v) is 10.9. The van der Waals surface area contributed by atoms with Gasteiger partial charge in [0.25, 0.3) is 5.91 Å². The van der Waals surface area contributed by atoms with Crippen molar-refractivity contribution >= 4 is 34.5 Å². The maximum Gasteiger partial charge on any atom is 0.286 e. The van der Waals surface area contributed by atoms with Gasteiger partial charge in [0, 0.05) is 17.9 Å². The van der Waals surface area contributed by atoms with E-state index in [-0.39, 0.29) is 28.6 Å². The number of nitrogens with one attached hydrogen (secondary N) is 2. The maximum atomic E-state index is 13.0. The molecule has 31 heavy (non-hydrogen) atoms. The molecule has 1 fully saturated rings. The zero-order valence-electron chi connectivity index (χ0n) is 16.8. The molecule has 2 heterocycles. The minimum Gasteiger partial charge on any atom is -0.326 e. The van der Waals surface area contributed by atoms with Crippen molar-refractivity contribution in [1.82, 2.24) is 15.1 Å². The molecule has 0 spiro atoms. The number of likely N-dealkylation sites (tertiary alicyclic amines) is 1. The van der Waals surface area contributed by atoms with E-state index in [0.717, 1.165) is 25.1 Å². The smallest absolute Gasteiger partial charge is 0.286 e. The fraction of sp³-hybridized carbons (Fsp3) is 0.273. The van der Waals surface area contributed by atoms with Crippen molar-refractivity contribution in [1.29, 1.82) is 0 Å². The van der Waals surface area contributed by atoms with Gasteiger partial charge in [-0.2, -0.15) is 0 Å². The lowest BCUT2D eigenvalue weighted by Crippen LogP contribution is -2.40. The summed E-state index contributed by atoms with van der Waals surface area (Å²) < 4.78 is 13.0. The Balaban J connectivity index is 1.32. The summed E-state index contributed by atoms with van der Waals surface area (Å²) in [6, 6.07) is 15.0. The van der Waals surface area contributed by atoms with Crippen LogP contribution < -0.4 is 10.6 Å². The van der Waals surface area contributed by atoms with Crippen LogP contribution in [0.4, 0.5) is 15.8 Å². The largest absolute Gasteiger partial charge is 0.326 e. The Kier molecular flexibility index (Phi) is 6.63. The van der Waals surface area contributed by atoms with Crippen molar-refractivity contribution in [2.45, 2.75) is 19.4 Å². The maximum absolute atomic E-state index is 13.0. The molecule has 2 aromatic carbocycles. The topological polar surface area (TPSA) is 87.2 Å². The molecule has 160 valence electrons. The number of anilines is 2. The van der Waals surface area contributed by atoms with E-state index in [9.17, 15) is 14.0 Å². The third-order valence-corrected chi connectivity index (χ3v) is 5.95. The minimum atomic E-state index is -0.380. The molecule has 7 nitrogen and oxygen atoms in total. The van der Waals surface area contributed by atoms with Crippen LogP contribution in [0.2, 0.25) is 0 Å². The third-order valence-electron chi connectivity index (χ3n) is 5.04. The van der Waals surface area contributed by atoms with Gasteiger partial charge in [-0.25, -0.2) is 4.39 Å². The lowest BCUT2D eigenvalue weighted by Gasteiger charge is -2.31. The lowest BCUT2D eigenvalue weighted by atomic mass is 9.97. The summed E-state index contributed by atoms with van der Waals surface area (Å²) in [5.41, 5.74) is 1.29. The van der Waals surface area contributed by atoms with Crippen LogP contribution in [0.15, 0.2) is 54.6 Å². The van der Waals surface area contributed by atoms with Crippen LogP contribution in [0.1, 0.15) is 27.7 Å². The second-order valence-corrected chi connectivity index (χ2v) is 8.45. The fourth-order valence-electron chi connectivity index (χ4n) is 3.50. The lowest BCUT2D eigenvalue weighted by molar-refractivity contribution is -0.121. The van der Waals surface area contributed by atoms with E-state index in [0.29, 0.717) is 23.8 Å². The minimum absolute atomic E-state index is 0.0209. The van der Waals surface area contributed by atoms with Crippen molar-refractivity contribution in [2.24, 2.45) is 5.92 Å². The van der Waals surface area contributed by atoms with Crippen LogP contribution >= 0.6 is 11.3 Å².